The van der Waals surface area contributed by atoms with Crippen LogP contribution >= 0.6 is 11.8 Å². The minimum absolute atomic E-state index is 0.0920. The summed E-state index contributed by atoms with van der Waals surface area (Å²) < 4.78 is 32.7. The van der Waals surface area contributed by atoms with Crippen LogP contribution in [0, 0.1) is 11.6 Å². The largest absolute Gasteiger partial charge is 0.379 e. The van der Waals surface area contributed by atoms with Gasteiger partial charge in [0.15, 0.2) is 5.96 Å². The second-order valence-corrected chi connectivity index (χ2v) is 8.02. The van der Waals surface area contributed by atoms with E-state index in [1.807, 2.05) is 18.7 Å². The fourth-order valence-corrected chi connectivity index (χ4v) is 5.03. The lowest BCUT2D eigenvalue weighted by molar-refractivity contribution is -0.0120. The summed E-state index contributed by atoms with van der Waals surface area (Å²) in [5, 5.41) is 6.64. The van der Waals surface area contributed by atoms with Crippen molar-refractivity contribution in [3.05, 3.63) is 35.4 Å². The minimum Gasteiger partial charge on any atom is -0.379 e. The number of aliphatic imine (C=N–C) groups is 1. The van der Waals surface area contributed by atoms with Crippen LogP contribution in [-0.2, 0) is 11.3 Å². The average molecular weight is 399 g/mol. The normalized spacial score (nSPS) is 24.2. The van der Waals surface area contributed by atoms with E-state index in [0.29, 0.717) is 12.5 Å². The number of hydrogen-bond donors (Lipinski definition) is 2. The van der Waals surface area contributed by atoms with Gasteiger partial charge in [0, 0.05) is 43.0 Å². The number of guanidine groups is 1. The van der Waals surface area contributed by atoms with Crippen LogP contribution in [0.2, 0.25) is 0 Å². The molecule has 0 aromatic heterocycles. The second-order valence-electron chi connectivity index (χ2n) is 6.91. The van der Waals surface area contributed by atoms with Crippen molar-refractivity contribution >= 4 is 17.7 Å². The number of thioether (sulfide) groups is 1. The van der Waals surface area contributed by atoms with E-state index < -0.39 is 11.6 Å². The molecule has 2 saturated heterocycles. The highest BCUT2D eigenvalue weighted by molar-refractivity contribution is 7.99. The van der Waals surface area contributed by atoms with Gasteiger partial charge in [-0.15, -0.1) is 0 Å². The summed E-state index contributed by atoms with van der Waals surface area (Å²) in [5.74, 6) is 1.98. The van der Waals surface area contributed by atoms with E-state index in [-0.39, 0.29) is 17.6 Å². The van der Waals surface area contributed by atoms with Gasteiger partial charge in [0.1, 0.15) is 11.6 Å². The lowest BCUT2D eigenvalue weighted by Gasteiger charge is -2.43. The molecule has 2 aliphatic heterocycles. The Labute approximate surface area is 163 Å². The molecule has 0 aliphatic carbocycles. The third kappa shape index (κ3) is 5.33. The Balaban J connectivity index is 1.66. The Hall–Kier alpha value is -1.38. The molecule has 0 bridgehead atoms. The van der Waals surface area contributed by atoms with E-state index in [1.165, 1.54) is 6.07 Å². The zero-order valence-electron chi connectivity index (χ0n) is 15.8. The number of ether oxygens (including phenoxy) is 1. The van der Waals surface area contributed by atoms with Gasteiger partial charge < -0.3 is 15.4 Å². The number of hydrogen-bond acceptors (Lipinski definition) is 4. The summed E-state index contributed by atoms with van der Waals surface area (Å²) in [6.07, 6.45) is 1.13. The molecule has 3 rings (SSSR count). The molecule has 2 fully saturated rings. The van der Waals surface area contributed by atoms with Crippen molar-refractivity contribution in [3.8, 4) is 0 Å². The van der Waals surface area contributed by atoms with Crippen molar-refractivity contribution in [2.45, 2.75) is 25.4 Å². The monoisotopic (exact) mass is 398 g/mol. The predicted molar refractivity (Wildman–Crippen MR) is 106 cm³/mol. The van der Waals surface area contributed by atoms with Crippen LogP contribution in [0.25, 0.3) is 0 Å². The topological polar surface area (TPSA) is 48.9 Å². The summed E-state index contributed by atoms with van der Waals surface area (Å²) in [6.45, 7) is 7.02. The Morgan fingerprint density at radius 3 is 2.81 bits per heavy atom. The van der Waals surface area contributed by atoms with Crippen molar-refractivity contribution in [1.29, 1.82) is 0 Å². The maximum absolute atomic E-state index is 13.8. The van der Waals surface area contributed by atoms with Gasteiger partial charge >= 0.3 is 0 Å². The third-order valence-electron chi connectivity index (χ3n) is 5.11. The molecule has 2 N–H and O–H groups in total. The molecule has 1 aromatic rings. The molecule has 150 valence electrons. The van der Waals surface area contributed by atoms with E-state index in [1.54, 1.807) is 0 Å². The Kier molecular flexibility index (Phi) is 7.32. The van der Waals surface area contributed by atoms with Gasteiger partial charge in [0.2, 0.25) is 0 Å². The summed E-state index contributed by atoms with van der Waals surface area (Å²) in [5.41, 5.74) is 0.348. The molecule has 5 nitrogen and oxygen atoms in total. The van der Waals surface area contributed by atoms with E-state index in [2.05, 4.69) is 20.5 Å². The molecular formula is C19H28F2N4OS. The van der Waals surface area contributed by atoms with Gasteiger partial charge in [-0.3, -0.25) is 4.90 Å². The predicted octanol–water partition coefficient (Wildman–Crippen LogP) is 2.23. The van der Waals surface area contributed by atoms with Crippen LogP contribution in [-0.4, -0.2) is 67.3 Å². The molecule has 0 amide bonds. The molecule has 1 atom stereocenters. The summed E-state index contributed by atoms with van der Waals surface area (Å²) in [4.78, 5) is 6.99. The quantitative estimate of drug-likeness (QED) is 0.569. The number of benzene rings is 1. The van der Waals surface area contributed by atoms with Crippen molar-refractivity contribution in [2.75, 3.05) is 50.9 Å². The van der Waals surface area contributed by atoms with Crippen molar-refractivity contribution in [2.24, 2.45) is 4.99 Å². The minimum atomic E-state index is -0.450. The van der Waals surface area contributed by atoms with E-state index in [9.17, 15) is 8.78 Å². The Bertz CT molecular complexity index is 647. The Morgan fingerprint density at radius 2 is 2.11 bits per heavy atom. The summed E-state index contributed by atoms with van der Waals surface area (Å²) >= 11 is 1.98. The first-order chi connectivity index (χ1) is 13.1. The summed E-state index contributed by atoms with van der Waals surface area (Å²) in [7, 11) is 0. The first kappa shape index (κ1) is 20.4. The molecule has 2 aliphatic rings. The second kappa shape index (κ2) is 9.71. The number of nitrogens with one attached hydrogen (secondary N) is 2. The maximum Gasteiger partial charge on any atom is 0.191 e. The standard InChI is InChI=1S/C19H28F2N4OS/c1-2-22-18(23-12-15-11-16(20)3-4-17(15)21)24-13-19(5-10-27-14-19)25-6-8-26-9-7-25/h3-4,11H,2,5-10,12-14H2,1H3,(H2,22,23,24). The van der Waals surface area contributed by atoms with Gasteiger partial charge in [0.25, 0.3) is 0 Å². The molecule has 1 unspecified atom stereocenters. The molecular weight excluding hydrogens is 370 g/mol. The van der Waals surface area contributed by atoms with Gasteiger partial charge in [0.05, 0.1) is 19.8 Å². The fourth-order valence-electron chi connectivity index (χ4n) is 3.55. The van der Waals surface area contributed by atoms with Gasteiger partial charge in [-0.25, -0.2) is 13.8 Å². The fraction of sp³-hybridized carbons (Fsp3) is 0.632. The van der Waals surface area contributed by atoms with Crippen LogP contribution < -0.4 is 10.6 Å². The lowest BCUT2D eigenvalue weighted by Crippen LogP contribution is -2.60. The zero-order valence-corrected chi connectivity index (χ0v) is 16.6. The van der Waals surface area contributed by atoms with E-state index in [0.717, 1.165) is 62.9 Å². The summed E-state index contributed by atoms with van der Waals surface area (Å²) in [6, 6.07) is 3.46. The molecule has 0 radical (unpaired) electrons. The number of halogens is 2. The van der Waals surface area contributed by atoms with Gasteiger partial charge in [-0.05, 0) is 37.3 Å². The molecule has 8 heteroatoms. The molecule has 27 heavy (non-hydrogen) atoms. The third-order valence-corrected chi connectivity index (χ3v) is 6.34. The highest BCUT2D eigenvalue weighted by Gasteiger charge is 2.40. The van der Waals surface area contributed by atoms with Crippen LogP contribution in [0.3, 0.4) is 0 Å². The highest BCUT2D eigenvalue weighted by atomic mass is 32.2. The van der Waals surface area contributed by atoms with Crippen LogP contribution in [0.15, 0.2) is 23.2 Å². The Morgan fingerprint density at radius 1 is 1.30 bits per heavy atom. The maximum atomic E-state index is 13.8. The van der Waals surface area contributed by atoms with Crippen LogP contribution in [0.5, 0.6) is 0 Å². The molecule has 1 aromatic carbocycles. The first-order valence-corrected chi connectivity index (χ1v) is 10.6. The van der Waals surface area contributed by atoms with E-state index >= 15 is 0 Å². The van der Waals surface area contributed by atoms with Crippen molar-refractivity contribution in [3.63, 3.8) is 0 Å². The van der Waals surface area contributed by atoms with Crippen molar-refractivity contribution in [1.82, 2.24) is 15.5 Å². The zero-order chi connectivity index (χ0) is 19.1. The van der Waals surface area contributed by atoms with Gasteiger partial charge in [-0.1, -0.05) is 0 Å². The molecule has 2 heterocycles. The van der Waals surface area contributed by atoms with Crippen LogP contribution in [0.1, 0.15) is 18.9 Å². The number of nitrogens with zero attached hydrogens (tertiary/aromatic N) is 2. The van der Waals surface area contributed by atoms with Crippen molar-refractivity contribution < 1.29 is 13.5 Å². The average Bonchev–Trinajstić information content (AvgIpc) is 3.17. The number of rotatable bonds is 6. The molecule has 0 saturated carbocycles. The SMILES string of the molecule is CCNC(=NCc1cc(F)ccc1F)NCC1(N2CCOCC2)CCSC1. The number of morpholine rings is 1. The van der Waals surface area contributed by atoms with Crippen LogP contribution in [0.4, 0.5) is 8.78 Å². The lowest BCUT2D eigenvalue weighted by atomic mass is 9.95. The smallest absolute Gasteiger partial charge is 0.191 e. The molecule has 0 spiro atoms. The van der Waals surface area contributed by atoms with E-state index in [4.69, 9.17) is 4.74 Å². The highest BCUT2D eigenvalue weighted by Crippen LogP contribution is 2.33. The first-order valence-electron chi connectivity index (χ1n) is 9.50. The van der Waals surface area contributed by atoms with Gasteiger partial charge in [-0.2, -0.15) is 11.8 Å².